The predicted molar refractivity (Wildman–Crippen MR) is 98.0 cm³/mol. The maximum Gasteiger partial charge on any atom is 0.326 e. The monoisotopic (exact) mass is 345 g/mol. The summed E-state index contributed by atoms with van der Waals surface area (Å²) in [5.74, 6) is -0.361. The first-order valence-corrected chi connectivity index (χ1v) is 7.83. The van der Waals surface area contributed by atoms with Gasteiger partial charge in [0.2, 0.25) is 0 Å². The fourth-order valence-corrected chi connectivity index (χ4v) is 2.62. The average molecular weight is 345 g/mol. The van der Waals surface area contributed by atoms with Gasteiger partial charge >= 0.3 is 6.03 Å². The van der Waals surface area contributed by atoms with Crippen molar-refractivity contribution in [2.24, 2.45) is 0 Å². The number of nitrogens with zero attached hydrogens (tertiary/aromatic N) is 1. The van der Waals surface area contributed by atoms with Crippen LogP contribution >= 0.6 is 0 Å². The van der Waals surface area contributed by atoms with E-state index in [0.717, 1.165) is 16.3 Å². The molecule has 3 aromatic rings. The van der Waals surface area contributed by atoms with Crippen LogP contribution in [0.25, 0.3) is 10.8 Å². The second-order valence-corrected chi connectivity index (χ2v) is 5.75. The fraction of sp³-hybridized carbons (Fsp3) is 0.0500. The normalized spacial score (nSPS) is 10.2. The quantitative estimate of drug-likeness (QED) is 0.659. The molecule has 0 atom stereocenters. The van der Waals surface area contributed by atoms with Crippen LogP contribution in [0.2, 0.25) is 0 Å². The summed E-state index contributed by atoms with van der Waals surface area (Å²) in [6.07, 6.45) is 0. The minimum atomic E-state index is -0.688. The van der Waals surface area contributed by atoms with Gasteiger partial charge in [-0.3, -0.25) is 10.1 Å². The van der Waals surface area contributed by atoms with E-state index in [0.29, 0.717) is 16.8 Å². The van der Waals surface area contributed by atoms with Crippen molar-refractivity contribution in [2.45, 2.75) is 6.92 Å². The van der Waals surface area contributed by atoms with E-state index < -0.39 is 11.9 Å². The summed E-state index contributed by atoms with van der Waals surface area (Å²) >= 11 is 0. The first-order chi connectivity index (χ1) is 12.5. The number of benzene rings is 3. The maximum absolute atomic E-state index is 12.3. The smallest absolute Gasteiger partial charge is 0.326 e. The van der Waals surface area contributed by atoms with Crippen molar-refractivity contribution in [2.75, 3.05) is 5.32 Å². The van der Waals surface area contributed by atoms with Gasteiger partial charge in [0.15, 0.2) is 0 Å². The molecule has 0 aliphatic heterocycles. The molecular weight excluding hydrogens is 330 g/mol. The van der Waals surface area contributed by atoms with Crippen molar-refractivity contribution in [3.8, 4) is 11.8 Å². The average Bonchev–Trinajstić information content (AvgIpc) is 2.64. The molecule has 0 aromatic heterocycles. The summed E-state index contributed by atoms with van der Waals surface area (Å²) in [6.45, 7) is 1.79. The number of carbonyl (C=O) groups excluding carboxylic acids is 2. The van der Waals surface area contributed by atoms with E-state index >= 15 is 0 Å². The van der Waals surface area contributed by atoms with E-state index in [1.54, 1.807) is 55.5 Å². The number of anilines is 1. The highest BCUT2D eigenvalue weighted by Gasteiger charge is 2.12. The fourth-order valence-electron chi connectivity index (χ4n) is 2.62. The second kappa shape index (κ2) is 6.95. The Bertz CT molecular complexity index is 1070. The van der Waals surface area contributed by atoms with Crippen LogP contribution in [-0.4, -0.2) is 17.0 Å². The highest BCUT2D eigenvalue weighted by molar-refractivity contribution is 6.09. The minimum absolute atomic E-state index is 0.189. The molecule has 0 saturated carbocycles. The number of hydrogen-bond acceptors (Lipinski definition) is 4. The van der Waals surface area contributed by atoms with Gasteiger partial charge in [0.25, 0.3) is 5.91 Å². The van der Waals surface area contributed by atoms with Gasteiger partial charge in [-0.2, -0.15) is 5.26 Å². The lowest BCUT2D eigenvalue weighted by Gasteiger charge is -2.09. The Kier molecular flexibility index (Phi) is 4.54. The molecule has 3 N–H and O–H groups in total. The summed E-state index contributed by atoms with van der Waals surface area (Å²) in [7, 11) is 0. The Morgan fingerprint density at radius 1 is 1.08 bits per heavy atom. The van der Waals surface area contributed by atoms with E-state index in [9.17, 15) is 14.7 Å². The Labute approximate surface area is 149 Å². The number of fused-ring (bicyclic) bond motifs is 1. The number of amides is 3. The van der Waals surface area contributed by atoms with Crippen LogP contribution in [0.5, 0.6) is 5.75 Å². The number of nitriles is 1. The summed E-state index contributed by atoms with van der Waals surface area (Å²) in [4.78, 5) is 24.3. The van der Waals surface area contributed by atoms with Gasteiger partial charge in [-0.05, 0) is 59.7 Å². The van der Waals surface area contributed by atoms with Crippen LogP contribution in [-0.2, 0) is 0 Å². The lowest BCUT2D eigenvalue weighted by Crippen LogP contribution is -2.34. The third kappa shape index (κ3) is 3.47. The molecule has 6 nitrogen and oxygen atoms in total. The number of nitrogens with one attached hydrogen (secondary N) is 2. The molecule has 3 aromatic carbocycles. The molecule has 0 bridgehead atoms. The van der Waals surface area contributed by atoms with Crippen molar-refractivity contribution in [1.82, 2.24) is 5.32 Å². The van der Waals surface area contributed by atoms with Gasteiger partial charge < -0.3 is 10.4 Å². The van der Waals surface area contributed by atoms with Gasteiger partial charge in [0.05, 0.1) is 11.6 Å². The number of rotatable bonds is 2. The van der Waals surface area contributed by atoms with Crippen molar-refractivity contribution in [3.63, 3.8) is 0 Å². The lowest BCUT2D eigenvalue weighted by molar-refractivity contribution is 0.0967. The molecule has 128 valence electrons. The Balaban J connectivity index is 1.75. The summed E-state index contributed by atoms with van der Waals surface area (Å²) in [6, 6.07) is 15.9. The molecule has 6 heteroatoms. The van der Waals surface area contributed by atoms with Gasteiger partial charge in [0, 0.05) is 11.3 Å². The van der Waals surface area contributed by atoms with E-state index in [1.165, 1.54) is 6.07 Å². The molecule has 0 aliphatic carbocycles. The standard InChI is InChI=1S/C20H15N3O3/c1-12-17-7-5-15(10-14(17)6-8-18(12)24)19(25)23-20(26)22-16-4-2-3-13(9-16)11-21/h2-10,24H,1H3,(H2,22,23,25,26). The number of phenolic OH excluding ortho intramolecular Hbond substituents is 1. The molecule has 0 saturated heterocycles. The van der Waals surface area contributed by atoms with Gasteiger partial charge in [0.1, 0.15) is 5.75 Å². The predicted octanol–water partition coefficient (Wildman–Crippen LogP) is 3.69. The molecule has 3 amide bonds. The number of aryl methyl sites for hydroxylation is 1. The Morgan fingerprint density at radius 2 is 1.88 bits per heavy atom. The molecule has 0 radical (unpaired) electrons. The number of imide groups is 1. The van der Waals surface area contributed by atoms with Crippen LogP contribution in [0.1, 0.15) is 21.5 Å². The van der Waals surface area contributed by atoms with E-state index in [4.69, 9.17) is 5.26 Å². The molecule has 0 unspecified atom stereocenters. The number of carbonyl (C=O) groups is 2. The molecule has 3 rings (SSSR count). The maximum atomic E-state index is 12.3. The zero-order valence-corrected chi connectivity index (χ0v) is 13.9. The third-order valence-corrected chi connectivity index (χ3v) is 4.00. The number of hydrogen-bond donors (Lipinski definition) is 3. The summed E-state index contributed by atoms with van der Waals surface area (Å²) in [5.41, 5.74) is 1.87. The van der Waals surface area contributed by atoms with Crippen LogP contribution < -0.4 is 10.6 Å². The highest BCUT2D eigenvalue weighted by atomic mass is 16.3. The molecule has 26 heavy (non-hydrogen) atoms. The topological polar surface area (TPSA) is 102 Å². The highest BCUT2D eigenvalue weighted by Crippen LogP contribution is 2.26. The summed E-state index contributed by atoms with van der Waals surface area (Å²) < 4.78 is 0. The zero-order chi connectivity index (χ0) is 18.7. The zero-order valence-electron chi connectivity index (χ0n) is 13.9. The third-order valence-electron chi connectivity index (χ3n) is 4.00. The van der Waals surface area contributed by atoms with Crippen molar-refractivity contribution in [1.29, 1.82) is 5.26 Å². The second-order valence-electron chi connectivity index (χ2n) is 5.75. The van der Waals surface area contributed by atoms with Gasteiger partial charge in [-0.15, -0.1) is 0 Å². The van der Waals surface area contributed by atoms with Crippen LogP contribution in [0.3, 0.4) is 0 Å². The van der Waals surface area contributed by atoms with E-state index in [2.05, 4.69) is 10.6 Å². The largest absolute Gasteiger partial charge is 0.508 e. The SMILES string of the molecule is Cc1c(O)ccc2cc(C(=O)NC(=O)Nc3cccc(C#N)c3)ccc12. The molecular formula is C20H15N3O3. The Hall–Kier alpha value is -3.85. The number of aromatic hydroxyl groups is 1. The number of phenols is 1. The first-order valence-electron chi connectivity index (χ1n) is 7.83. The van der Waals surface area contributed by atoms with Crippen LogP contribution in [0.4, 0.5) is 10.5 Å². The lowest BCUT2D eigenvalue weighted by atomic mass is 10.0. The molecule has 0 fully saturated rings. The van der Waals surface area contributed by atoms with Crippen LogP contribution in [0, 0.1) is 18.3 Å². The van der Waals surface area contributed by atoms with Crippen molar-refractivity contribution < 1.29 is 14.7 Å². The minimum Gasteiger partial charge on any atom is -0.508 e. The molecule has 0 aliphatic rings. The Morgan fingerprint density at radius 3 is 2.65 bits per heavy atom. The summed E-state index contributed by atoms with van der Waals surface area (Å²) in [5, 5.41) is 25.0. The number of urea groups is 1. The van der Waals surface area contributed by atoms with E-state index in [-0.39, 0.29) is 5.75 Å². The molecule has 0 heterocycles. The van der Waals surface area contributed by atoms with E-state index in [1.807, 2.05) is 6.07 Å². The van der Waals surface area contributed by atoms with Crippen molar-refractivity contribution >= 4 is 28.4 Å². The van der Waals surface area contributed by atoms with Gasteiger partial charge in [-0.1, -0.05) is 18.2 Å². The first kappa shape index (κ1) is 17.0. The van der Waals surface area contributed by atoms with Crippen LogP contribution in [0.15, 0.2) is 54.6 Å². The van der Waals surface area contributed by atoms with Crippen molar-refractivity contribution in [3.05, 3.63) is 71.3 Å². The molecule has 0 spiro atoms. The van der Waals surface area contributed by atoms with Gasteiger partial charge in [-0.25, -0.2) is 4.79 Å².